The second kappa shape index (κ2) is 9.13. The lowest BCUT2D eigenvalue weighted by Gasteiger charge is -2.11. The van der Waals surface area contributed by atoms with E-state index in [9.17, 15) is 10.1 Å². The molecule has 3 aromatic carbocycles. The van der Waals surface area contributed by atoms with Crippen LogP contribution in [-0.2, 0) is 4.79 Å². The number of hydrogen-bond donors (Lipinski definition) is 1. The first-order valence-corrected chi connectivity index (χ1v) is 9.36. The summed E-state index contributed by atoms with van der Waals surface area (Å²) < 4.78 is 10.9. The highest BCUT2D eigenvalue weighted by molar-refractivity contribution is 6.31. The van der Waals surface area contributed by atoms with Crippen molar-refractivity contribution in [2.75, 3.05) is 19.0 Å². The van der Waals surface area contributed by atoms with Crippen molar-refractivity contribution >= 4 is 40.0 Å². The Balaban J connectivity index is 1.99. The van der Waals surface area contributed by atoms with Crippen LogP contribution in [0.5, 0.6) is 11.5 Å². The Hall–Kier alpha value is -3.49. The maximum absolute atomic E-state index is 12.7. The van der Waals surface area contributed by atoms with Crippen molar-refractivity contribution < 1.29 is 14.3 Å². The van der Waals surface area contributed by atoms with Crippen molar-refractivity contribution in [1.29, 1.82) is 5.26 Å². The molecule has 0 heterocycles. The number of carbonyl (C=O) groups is 1. The second-order valence-corrected chi connectivity index (χ2v) is 6.54. The minimum atomic E-state index is -0.550. The van der Waals surface area contributed by atoms with Gasteiger partial charge in [-0.05, 0) is 48.2 Å². The Morgan fingerprint density at radius 3 is 2.55 bits per heavy atom. The molecule has 0 bridgehead atoms. The minimum Gasteiger partial charge on any atom is -0.495 e. The number of anilines is 1. The molecule has 0 aliphatic carbocycles. The molecule has 0 atom stereocenters. The average Bonchev–Trinajstić information content (AvgIpc) is 2.73. The van der Waals surface area contributed by atoms with Gasteiger partial charge in [0.25, 0.3) is 5.91 Å². The van der Waals surface area contributed by atoms with Gasteiger partial charge in [-0.3, -0.25) is 4.79 Å². The van der Waals surface area contributed by atoms with Crippen molar-refractivity contribution in [3.63, 3.8) is 0 Å². The minimum absolute atomic E-state index is 0.0404. The topological polar surface area (TPSA) is 71.3 Å². The number of nitrogens with one attached hydrogen (secondary N) is 1. The summed E-state index contributed by atoms with van der Waals surface area (Å²) in [6, 6.07) is 18.2. The smallest absolute Gasteiger partial charge is 0.266 e. The molecule has 0 fully saturated rings. The summed E-state index contributed by atoms with van der Waals surface area (Å²) in [7, 11) is 1.49. The van der Waals surface area contributed by atoms with Gasteiger partial charge in [-0.25, -0.2) is 0 Å². The van der Waals surface area contributed by atoms with Gasteiger partial charge in [0.15, 0.2) is 0 Å². The standard InChI is InChI=1S/C23H19ClN2O3/c1-3-29-21-10-8-15(18-6-4-5-7-19(18)21)12-16(14-25)23(27)26-20-13-17(24)9-11-22(20)28-2/h4-13H,3H2,1-2H3,(H,26,27)/b16-12+. The largest absolute Gasteiger partial charge is 0.495 e. The van der Waals surface area contributed by atoms with Gasteiger partial charge in [0, 0.05) is 10.4 Å². The lowest BCUT2D eigenvalue weighted by Crippen LogP contribution is -2.14. The molecule has 5 nitrogen and oxygen atoms in total. The van der Waals surface area contributed by atoms with Crippen LogP contribution in [0.4, 0.5) is 5.69 Å². The molecule has 0 saturated heterocycles. The van der Waals surface area contributed by atoms with Crippen LogP contribution in [0, 0.1) is 11.3 Å². The number of halogens is 1. The van der Waals surface area contributed by atoms with E-state index in [4.69, 9.17) is 21.1 Å². The first-order chi connectivity index (χ1) is 14.1. The van der Waals surface area contributed by atoms with Gasteiger partial charge >= 0.3 is 0 Å². The van der Waals surface area contributed by atoms with E-state index in [0.29, 0.717) is 23.1 Å². The summed E-state index contributed by atoms with van der Waals surface area (Å²) in [4.78, 5) is 12.7. The van der Waals surface area contributed by atoms with Gasteiger partial charge in [0.1, 0.15) is 23.1 Å². The Morgan fingerprint density at radius 1 is 1.14 bits per heavy atom. The van der Waals surface area contributed by atoms with Crippen LogP contribution in [0.15, 0.2) is 60.2 Å². The van der Waals surface area contributed by atoms with Gasteiger partial charge in [-0.1, -0.05) is 41.9 Å². The lowest BCUT2D eigenvalue weighted by molar-refractivity contribution is -0.112. The van der Waals surface area contributed by atoms with Gasteiger partial charge in [0.2, 0.25) is 0 Å². The van der Waals surface area contributed by atoms with Gasteiger partial charge in [-0.2, -0.15) is 5.26 Å². The molecule has 1 N–H and O–H groups in total. The molecule has 146 valence electrons. The van der Waals surface area contributed by atoms with Crippen LogP contribution in [0.25, 0.3) is 16.8 Å². The summed E-state index contributed by atoms with van der Waals surface area (Å²) in [5.41, 5.74) is 1.10. The van der Waals surface area contributed by atoms with E-state index >= 15 is 0 Å². The monoisotopic (exact) mass is 406 g/mol. The third-order valence-electron chi connectivity index (χ3n) is 4.29. The molecule has 3 rings (SSSR count). The van der Waals surface area contributed by atoms with Crippen molar-refractivity contribution in [2.24, 2.45) is 0 Å². The maximum atomic E-state index is 12.7. The molecular weight excluding hydrogens is 388 g/mol. The molecular formula is C23H19ClN2O3. The maximum Gasteiger partial charge on any atom is 0.266 e. The summed E-state index contributed by atoms with van der Waals surface area (Å²) in [5.74, 6) is 0.657. The molecule has 0 saturated carbocycles. The van der Waals surface area contributed by atoms with Crippen LogP contribution < -0.4 is 14.8 Å². The molecule has 0 radical (unpaired) electrons. The molecule has 0 unspecified atom stereocenters. The molecule has 3 aromatic rings. The molecule has 0 aromatic heterocycles. The first-order valence-electron chi connectivity index (χ1n) is 8.98. The quantitative estimate of drug-likeness (QED) is 0.436. The Labute approximate surface area is 174 Å². The summed E-state index contributed by atoms with van der Waals surface area (Å²) in [5, 5.41) is 14.5. The van der Waals surface area contributed by atoms with Gasteiger partial charge < -0.3 is 14.8 Å². The first kappa shape index (κ1) is 20.2. The number of amides is 1. The zero-order valence-corrected chi connectivity index (χ0v) is 16.8. The highest BCUT2D eigenvalue weighted by atomic mass is 35.5. The molecule has 0 aliphatic heterocycles. The van der Waals surface area contributed by atoms with E-state index in [1.54, 1.807) is 24.3 Å². The van der Waals surface area contributed by atoms with E-state index in [1.165, 1.54) is 7.11 Å². The average molecular weight is 407 g/mol. The normalized spacial score (nSPS) is 11.0. The predicted octanol–water partition coefficient (Wildman–Crippen LogP) is 5.45. The molecule has 0 aliphatic rings. The van der Waals surface area contributed by atoms with Gasteiger partial charge in [-0.15, -0.1) is 0 Å². The van der Waals surface area contributed by atoms with E-state index in [1.807, 2.05) is 49.4 Å². The van der Waals surface area contributed by atoms with Gasteiger partial charge in [0.05, 0.1) is 19.4 Å². The number of carbonyl (C=O) groups excluding carboxylic acids is 1. The van der Waals surface area contributed by atoms with Crippen LogP contribution in [0.3, 0.4) is 0 Å². The second-order valence-electron chi connectivity index (χ2n) is 6.10. The van der Waals surface area contributed by atoms with E-state index < -0.39 is 5.91 Å². The fourth-order valence-electron chi connectivity index (χ4n) is 2.97. The highest BCUT2D eigenvalue weighted by Gasteiger charge is 2.14. The molecule has 1 amide bonds. The summed E-state index contributed by atoms with van der Waals surface area (Å²) >= 11 is 6.01. The number of ether oxygens (including phenoxy) is 2. The highest BCUT2D eigenvalue weighted by Crippen LogP contribution is 2.31. The number of fused-ring (bicyclic) bond motifs is 1. The number of nitrogens with zero attached hydrogens (tertiary/aromatic N) is 1. The number of rotatable bonds is 6. The zero-order valence-electron chi connectivity index (χ0n) is 16.0. The fourth-order valence-corrected chi connectivity index (χ4v) is 3.15. The number of benzene rings is 3. The van der Waals surface area contributed by atoms with Crippen molar-refractivity contribution in [2.45, 2.75) is 6.92 Å². The molecule has 6 heteroatoms. The van der Waals surface area contributed by atoms with Crippen LogP contribution in [-0.4, -0.2) is 19.6 Å². The Morgan fingerprint density at radius 2 is 1.86 bits per heavy atom. The fraction of sp³-hybridized carbons (Fsp3) is 0.130. The number of methoxy groups -OCH3 is 1. The summed E-state index contributed by atoms with van der Waals surface area (Å²) in [6.07, 6.45) is 1.56. The summed E-state index contributed by atoms with van der Waals surface area (Å²) in [6.45, 7) is 2.47. The van der Waals surface area contributed by atoms with E-state index in [0.717, 1.165) is 22.1 Å². The van der Waals surface area contributed by atoms with Crippen molar-refractivity contribution in [1.82, 2.24) is 0 Å². The van der Waals surface area contributed by atoms with E-state index in [2.05, 4.69) is 5.32 Å². The van der Waals surface area contributed by atoms with Crippen LogP contribution in [0.1, 0.15) is 12.5 Å². The van der Waals surface area contributed by atoms with Crippen molar-refractivity contribution in [3.8, 4) is 17.6 Å². The SMILES string of the molecule is CCOc1ccc(/C=C(\C#N)C(=O)Nc2cc(Cl)ccc2OC)c2ccccc12. The number of nitriles is 1. The number of hydrogen-bond acceptors (Lipinski definition) is 4. The molecule has 0 spiro atoms. The predicted molar refractivity (Wildman–Crippen MR) is 115 cm³/mol. The zero-order chi connectivity index (χ0) is 20.8. The van der Waals surface area contributed by atoms with Crippen LogP contribution >= 0.6 is 11.6 Å². The Kier molecular flexibility index (Phi) is 6.38. The third-order valence-corrected chi connectivity index (χ3v) is 4.53. The molecule has 29 heavy (non-hydrogen) atoms. The van der Waals surface area contributed by atoms with Crippen molar-refractivity contribution in [3.05, 3.63) is 70.8 Å². The van der Waals surface area contributed by atoms with Crippen LogP contribution in [0.2, 0.25) is 5.02 Å². The van der Waals surface area contributed by atoms with E-state index in [-0.39, 0.29) is 5.57 Å². The lowest BCUT2D eigenvalue weighted by atomic mass is 10.0. The Bertz CT molecular complexity index is 1130. The third kappa shape index (κ3) is 4.50.